The van der Waals surface area contributed by atoms with Gasteiger partial charge in [-0.1, -0.05) is 6.58 Å². The summed E-state index contributed by atoms with van der Waals surface area (Å²) in [6.07, 6.45) is 11.3. The van der Waals surface area contributed by atoms with Crippen molar-refractivity contribution >= 4 is 22.8 Å². The van der Waals surface area contributed by atoms with E-state index in [2.05, 4.69) is 49.9 Å². The molecule has 1 aliphatic rings. The van der Waals surface area contributed by atoms with Gasteiger partial charge in [-0.25, -0.2) is 9.97 Å². The number of H-pyrrole nitrogens is 1. The summed E-state index contributed by atoms with van der Waals surface area (Å²) in [6, 6.07) is 2.63. The molecule has 1 saturated heterocycles. The first kappa shape index (κ1) is 18.9. The minimum Gasteiger partial charge on any atom is -0.365 e. The van der Waals surface area contributed by atoms with Crippen LogP contribution in [0.4, 0.5) is 5.82 Å². The highest BCUT2D eigenvalue weighted by molar-refractivity contribution is 5.93. The molecule has 0 aromatic carbocycles. The van der Waals surface area contributed by atoms with Gasteiger partial charge in [0.1, 0.15) is 17.8 Å². The zero-order valence-electron chi connectivity index (χ0n) is 15.7. The Morgan fingerprint density at radius 3 is 3.15 bits per heavy atom. The standard InChI is InChI=1S/C20H26N6O/c1-4-5-9-22-20(27)14(2)11-26-12-16(7-6-15(26)3)25-19-17-8-10-21-18(17)23-13-24-19/h1,8,10,13,15-16H,2,5-7,9,11-12H2,3H3,(H,22,27)(H2,21,23,24,25)/t15-,16+/m0/s1. The molecule has 0 unspecified atom stereocenters. The molecule has 1 fully saturated rings. The molecule has 3 heterocycles. The Morgan fingerprint density at radius 2 is 2.33 bits per heavy atom. The van der Waals surface area contributed by atoms with Crippen LogP contribution in [0.25, 0.3) is 11.0 Å². The molecule has 0 spiro atoms. The summed E-state index contributed by atoms with van der Waals surface area (Å²) in [5, 5.41) is 7.34. The van der Waals surface area contributed by atoms with Crippen molar-refractivity contribution in [2.45, 2.75) is 38.3 Å². The van der Waals surface area contributed by atoms with Gasteiger partial charge in [-0.15, -0.1) is 12.3 Å². The molecule has 1 aliphatic heterocycles. The van der Waals surface area contributed by atoms with Gasteiger partial charge in [-0.3, -0.25) is 9.69 Å². The highest BCUT2D eigenvalue weighted by Crippen LogP contribution is 2.23. The smallest absolute Gasteiger partial charge is 0.247 e. The molecule has 1 amide bonds. The van der Waals surface area contributed by atoms with Crippen LogP contribution in [0.15, 0.2) is 30.7 Å². The predicted molar refractivity (Wildman–Crippen MR) is 107 cm³/mol. The minimum atomic E-state index is -0.127. The van der Waals surface area contributed by atoms with E-state index in [9.17, 15) is 4.79 Å². The van der Waals surface area contributed by atoms with Crippen LogP contribution in [0.3, 0.4) is 0 Å². The molecular weight excluding hydrogens is 340 g/mol. The van der Waals surface area contributed by atoms with Crippen LogP contribution < -0.4 is 10.6 Å². The lowest BCUT2D eigenvalue weighted by molar-refractivity contribution is -0.117. The van der Waals surface area contributed by atoms with Crippen molar-refractivity contribution < 1.29 is 4.79 Å². The SMILES string of the molecule is C#CCCNC(=O)C(=C)CN1C[C@H](Nc2ncnc3[nH]ccc23)CC[C@@H]1C. The second-order valence-electron chi connectivity index (χ2n) is 6.97. The van der Waals surface area contributed by atoms with E-state index in [1.807, 2.05) is 12.3 Å². The Labute approximate surface area is 159 Å². The van der Waals surface area contributed by atoms with Crippen molar-refractivity contribution in [1.82, 2.24) is 25.2 Å². The van der Waals surface area contributed by atoms with E-state index in [1.165, 1.54) is 0 Å². The molecule has 7 heteroatoms. The molecule has 3 N–H and O–H groups in total. The molecule has 27 heavy (non-hydrogen) atoms. The molecule has 3 rings (SSSR count). The van der Waals surface area contributed by atoms with Crippen LogP contribution in [-0.2, 0) is 4.79 Å². The van der Waals surface area contributed by atoms with E-state index in [0.29, 0.717) is 31.1 Å². The van der Waals surface area contributed by atoms with E-state index in [4.69, 9.17) is 6.42 Å². The fraction of sp³-hybridized carbons (Fsp3) is 0.450. The number of piperidine rings is 1. The number of fused-ring (bicyclic) bond motifs is 1. The van der Waals surface area contributed by atoms with Gasteiger partial charge in [0, 0.05) is 49.9 Å². The quantitative estimate of drug-likeness (QED) is 0.396. The summed E-state index contributed by atoms with van der Waals surface area (Å²) in [5.74, 6) is 3.23. The number of anilines is 1. The zero-order valence-corrected chi connectivity index (χ0v) is 15.7. The number of rotatable bonds is 7. The summed E-state index contributed by atoms with van der Waals surface area (Å²) in [6.45, 7) is 8.00. The maximum atomic E-state index is 12.1. The van der Waals surface area contributed by atoms with Crippen molar-refractivity contribution in [3.05, 3.63) is 30.7 Å². The Balaban J connectivity index is 1.59. The summed E-state index contributed by atoms with van der Waals surface area (Å²) in [5.41, 5.74) is 1.39. The number of nitrogens with zero attached hydrogens (tertiary/aromatic N) is 3. The van der Waals surface area contributed by atoms with Gasteiger partial charge in [-0.05, 0) is 25.8 Å². The first-order chi connectivity index (χ1) is 13.1. The number of nitrogens with one attached hydrogen (secondary N) is 3. The third-order valence-electron chi connectivity index (χ3n) is 4.98. The van der Waals surface area contributed by atoms with E-state index in [0.717, 1.165) is 36.2 Å². The first-order valence-corrected chi connectivity index (χ1v) is 9.26. The van der Waals surface area contributed by atoms with Crippen LogP contribution in [0.2, 0.25) is 0 Å². The van der Waals surface area contributed by atoms with E-state index < -0.39 is 0 Å². The van der Waals surface area contributed by atoms with Crippen LogP contribution in [0.1, 0.15) is 26.2 Å². The normalized spacial score (nSPS) is 20.1. The van der Waals surface area contributed by atoms with Crippen molar-refractivity contribution in [3.63, 3.8) is 0 Å². The molecule has 0 bridgehead atoms. The zero-order chi connectivity index (χ0) is 19.2. The number of hydrogen-bond acceptors (Lipinski definition) is 5. The van der Waals surface area contributed by atoms with Crippen LogP contribution in [-0.4, -0.2) is 57.5 Å². The Hall–Kier alpha value is -2.85. The molecular formula is C20H26N6O. The lowest BCUT2D eigenvalue weighted by Crippen LogP contribution is -2.48. The average molecular weight is 366 g/mol. The first-order valence-electron chi connectivity index (χ1n) is 9.26. The lowest BCUT2D eigenvalue weighted by Gasteiger charge is -2.38. The monoisotopic (exact) mass is 366 g/mol. The van der Waals surface area contributed by atoms with Crippen LogP contribution in [0, 0.1) is 12.3 Å². The second-order valence-corrected chi connectivity index (χ2v) is 6.97. The number of carbonyl (C=O) groups is 1. The topological polar surface area (TPSA) is 85.9 Å². The van der Waals surface area contributed by atoms with E-state index in [1.54, 1.807) is 6.33 Å². The fourth-order valence-electron chi connectivity index (χ4n) is 3.39. The molecule has 2 aromatic rings. The molecule has 0 aliphatic carbocycles. The highest BCUT2D eigenvalue weighted by Gasteiger charge is 2.27. The molecule has 2 aromatic heterocycles. The molecule has 2 atom stereocenters. The number of terminal acetylenes is 1. The Bertz CT molecular complexity index is 852. The number of aromatic amines is 1. The maximum Gasteiger partial charge on any atom is 0.247 e. The van der Waals surface area contributed by atoms with Crippen LogP contribution >= 0.6 is 0 Å². The number of likely N-dealkylation sites (tertiary alicyclic amines) is 1. The van der Waals surface area contributed by atoms with Crippen molar-refractivity contribution in [1.29, 1.82) is 0 Å². The number of aromatic nitrogens is 3. The van der Waals surface area contributed by atoms with Crippen LogP contribution in [0.5, 0.6) is 0 Å². The third kappa shape index (κ3) is 4.66. The Kier molecular flexibility index (Phi) is 6.09. The van der Waals surface area contributed by atoms with Crippen molar-refractivity contribution in [2.75, 3.05) is 25.0 Å². The second kappa shape index (κ2) is 8.69. The van der Waals surface area contributed by atoms with Gasteiger partial charge < -0.3 is 15.6 Å². The summed E-state index contributed by atoms with van der Waals surface area (Å²) < 4.78 is 0. The molecule has 0 saturated carbocycles. The largest absolute Gasteiger partial charge is 0.365 e. The lowest BCUT2D eigenvalue weighted by atomic mass is 9.98. The summed E-state index contributed by atoms with van der Waals surface area (Å²) in [7, 11) is 0. The van der Waals surface area contributed by atoms with E-state index >= 15 is 0 Å². The van der Waals surface area contributed by atoms with E-state index in [-0.39, 0.29) is 11.9 Å². The van der Waals surface area contributed by atoms with Gasteiger partial charge in [0.05, 0.1) is 5.39 Å². The number of amides is 1. The van der Waals surface area contributed by atoms with Gasteiger partial charge in [-0.2, -0.15) is 0 Å². The molecule has 7 nitrogen and oxygen atoms in total. The van der Waals surface area contributed by atoms with Crippen molar-refractivity contribution in [2.24, 2.45) is 0 Å². The highest BCUT2D eigenvalue weighted by atomic mass is 16.1. The average Bonchev–Trinajstić information content (AvgIpc) is 3.14. The van der Waals surface area contributed by atoms with Crippen molar-refractivity contribution in [3.8, 4) is 12.3 Å². The molecule has 0 radical (unpaired) electrons. The third-order valence-corrected chi connectivity index (χ3v) is 4.98. The number of carbonyl (C=O) groups excluding carboxylic acids is 1. The number of hydrogen-bond donors (Lipinski definition) is 3. The summed E-state index contributed by atoms with van der Waals surface area (Å²) >= 11 is 0. The maximum absolute atomic E-state index is 12.1. The van der Waals surface area contributed by atoms with Gasteiger partial charge in [0.25, 0.3) is 0 Å². The van der Waals surface area contributed by atoms with Gasteiger partial charge >= 0.3 is 0 Å². The Morgan fingerprint density at radius 1 is 1.48 bits per heavy atom. The minimum absolute atomic E-state index is 0.127. The van der Waals surface area contributed by atoms with Gasteiger partial charge in [0.15, 0.2) is 0 Å². The summed E-state index contributed by atoms with van der Waals surface area (Å²) in [4.78, 5) is 26.2. The predicted octanol–water partition coefficient (Wildman–Crippen LogP) is 1.92. The van der Waals surface area contributed by atoms with Gasteiger partial charge in [0.2, 0.25) is 5.91 Å². The molecule has 142 valence electrons. The fourth-order valence-corrected chi connectivity index (χ4v) is 3.39.